The third kappa shape index (κ3) is 7.63. The van der Waals surface area contributed by atoms with Crippen molar-refractivity contribution < 1.29 is 28.7 Å². The molecule has 0 atom stereocenters. The average Bonchev–Trinajstić information content (AvgIpc) is 2.73. The summed E-state index contributed by atoms with van der Waals surface area (Å²) in [6.45, 7) is 2.38. The topological polar surface area (TPSA) is 123 Å². The highest BCUT2D eigenvalue weighted by Crippen LogP contribution is 2.17. The molecule has 0 bridgehead atoms. The van der Waals surface area contributed by atoms with E-state index in [9.17, 15) is 19.2 Å². The summed E-state index contributed by atoms with van der Waals surface area (Å²) < 4.78 is 9.96. The lowest BCUT2D eigenvalue weighted by molar-refractivity contribution is -0.148. The summed E-state index contributed by atoms with van der Waals surface area (Å²) in [5.74, 6) is -1.63. The molecular weight excluding hydrogens is 390 g/mol. The van der Waals surface area contributed by atoms with Gasteiger partial charge in [-0.3, -0.25) is 19.7 Å². The molecule has 0 aromatic heterocycles. The summed E-state index contributed by atoms with van der Waals surface area (Å²) in [5.41, 5.74) is 2.43. The van der Waals surface area contributed by atoms with E-state index in [1.54, 1.807) is 36.4 Å². The van der Waals surface area contributed by atoms with Crippen LogP contribution in [0.1, 0.15) is 11.1 Å². The number of nitrogens with one attached hydrogen (secondary N) is 3. The lowest BCUT2D eigenvalue weighted by Gasteiger charge is -2.11. The molecule has 0 radical (unpaired) electrons. The Hall–Kier alpha value is -3.88. The van der Waals surface area contributed by atoms with Crippen LogP contribution in [0.2, 0.25) is 0 Å². The van der Waals surface area contributed by atoms with Gasteiger partial charge in [0.05, 0.1) is 0 Å². The molecule has 30 heavy (non-hydrogen) atoms. The Morgan fingerprint density at radius 2 is 1.60 bits per heavy atom. The first-order chi connectivity index (χ1) is 14.3. The van der Waals surface area contributed by atoms with Crippen molar-refractivity contribution >= 4 is 29.5 Å². The lowest BCUT2D eigenvalue weighted by Crippen LogP contribution is -2.39. The lowest BCUT2D eigenvalue weighted by atomic mass is 10.1. The van der Waals surface area contributed by atoms with E-state index in [0.717, 1.165) is 11.1 Å². The number of benzene rings is 2. The van der Waals surface area contributed by atoms with Gasteiger partial charge in [-0.05, 0) is 43.2 Å². The van der Waals surface area contributed by atoms with Crippen LogP contribution < -0.4 is 20.7 Å². The van der Waals surface area contributed by atoms with Crippen molar-refractivity contribution in [3.8, 4) is 5.75 Å². The minimum Gasteiger partial charge on any atom is -0.484 e. The van der Waals surface area contributed by atoms with Crippen LogP contribution in [0.15, 0.2) is 48.5 Å². The second-order valence-corrected chi connectivity index (χ2v) is 6.29. The Labute approximate surface area is 173 Å². The van der Waals surface area contributed by atoms with Crippen LogP contribution in [0.25, 0.3) is 0 Å². The number of rotatable bonds is 8. The van der Waals surface area contributed by atoms with Crippen molar-refractivity contribution in [3.05, 3.63) is 59.7 Å². The molecule has 2 aromatic rings. The Morgan fingerprint density at radius 1 is 0.867 bits per heavy atom. The minimum atomic E-state index is -0.826. The Balaban J connectivity index is 1.64. The maximum Gasteiger partial charge on any atom is 0.325 e. The standard InChI is InChI=1S/C21H23N3O6/c1-14-7-6-10-17(15(14)2)23-21(28)24-19(26)13-30-20(27)11-22-18(25)12-29-16-8-4-3-5-9-16/h3-10H,11-13H2,1-2H3,(H,22,25)(H2,23,24,26,28). The number of amides is 4. The molecule has 0 aliphatic heterocycles. The van der Waals surface area contributed by atoms with Crippen LogP contribution in [0.4, 0.5) is 10.5 Å². The maximum absolute atomic E-state index is 11.9. The summed E-state index contributed by atoms with van der Waals surface area (Å²) in [4.78, 5) is 46.9. The van der Waals surface area contributed by atoms with Crippen LogP contribution >= 0.6 is 0 Å². The summed E-state index contributed by atoms with van der Waals surface area (Å²) >= 11 is 0. The fourth-order valence-corrected chi connectivity index (χ4v) is 2.29. The maximum atomic E-state index is 11.9. The quantitative estimate of drug-likeness (QED) is 0.566. The smallest absolute Gasteiger partial charge is 0.325 e. The summed E-state index contributed by atoms with van der Waals surface area (Å²) in [6, 6.07) is 13.4. The van der Waals surface area contributed by atoms with Gasteiger partial charge in [-0.25, -0.2) is 4.79 Å². The third-order valence-corrected chi connectivity index (χ3v) is 4.01. The molecule has 0 saturated carbocycles. The van der Waals surface area contributed by atoms with E-state index in [2.05, 4.69) is 16.0 Å². The molecule has 9 heteroatoms. The minimum absolute atomic E-state index is 0.268. The summed E-state index contributed by atoms with van der Waals surface area (Å²) in [7, 11) is 0. The second kappa shape index (κ2) is 11.2. The number of ether oxygens (including phenoxy) is 2. The first kappa shape index (κ1) is 22.4. The van der Waals surface area contributed by atoms with Crippen LogP contribution in [0.5, 0.6) is 5.75 Å². The number of aryl methyl sites for hydroxylation is 1. The van der Waals surface area contributed by atoms with E-state index in [0.29, 0.717) is 11.4 Å². The number of urea groups is 1. The van der Waals surface area contributed by atoms with E-state index < -0.39 is 37.0 Å². The van der Waals surface area contributed by atoms with Gasteiger partial charge in [-0.15, -0.1) is 0 Å². The van der Waals surface area contributed by atoms with Crippen molar-refractivity contribution in [2.75, 3.05) is 25.1 Å². The molecule has 0 saturated heterocycles. The molecule has 9 nitrogen and oxygen atoms in total. The highest BCUT2D eigenvalue weighted by molar-refractivity contribution is 6.02. The summed E-state index contributed by atoms with van der Waals surface area (Å²) in [5, 5.41) is 6.93. The zero-order valence-electron chi connectivity index (χ0n) is 16.7. The summed E-state index contributed by atoms with van der Waals surface area (Å²) in [6.07, 6.45) is 0. The van der Waals surface area contributed by atoms with Gasteiger partial charge in [-0.2, -0.15) is 0 Å². The van der Waals surface area contributed by atoms with Gasteiger partial charge in [0.25, 0.3) is 11.8 Å². The SMILES string of the molecule is Cc1cccc(NC(=O)NC(=O)COC(=O)CNC(=O)COc2ccccc2)c1C. The van der Waals surface area contributed by atoms with Crippen molar-refractivity contribution in [1.82, 2.24) is 10.6 Å². The van der Waals surface area contributed by atoms with Crippen LogP contribution in [-0.4, -0.2) is 43.6 Å². The van der Waals surface area contributed by atoms with Crippen LogP contribution in [0.3, 0.4) is 0 Å². The highest BCUT2D eigenvalue weighted by Gasteiger charge is 2.13. The number of hydrogen-bond acceptors (Lipinski definition) is 6. The normalized spacial score (nSPS) is 9.93. The van der Waals surface area contributed by atoms with E-state index in [1.807, 2.05) is 26.0 Å². The second-order valence-electron chi connectivity index (χ2n) is 6.29. The Bertz CT molecular complexity index is 914. The molecule has 4 amide bonds. The fraction of sp³-hybridized carbons (Fsp3) is 0.238. The Morgan fingerprint density at radius 3 is 2.33 bits per heavy atom. The Kier molecular flexibility index (Phi) is 8.37. The number of imide groups is 1. The largest absolute Gasteiger partial charge is 0.484 e. The first-order valence-electron chi connectivity index (χ1n) is 9.12. The number of esters is 1. The van der Waals surface area contributed by atoms with Crippen molar-refractivity contribution in [2.45, 2.75) is 13.8 Å². The first-order valence-corrected chi connectivity index (χ1v) is 9.12. The van der Waals surface area contributed by atoms with E-state index in [4.69, 9.17) is 9.47 Å². The van der Waals surface area contributed by atoms with Crippen LogP contribution in [-0.2, 0) is 19.1 Å². The van der Waals surface area contributed by atoms with E-state index in [-0.39, 0.29) is 6.61 Å². The van der Waals surface area contributed by atoms with E-state index >= 15 is 0 Å². The zero-order valence-corrected chi connectivity index (χ0v) is 16.7. The monoisotopic (exact) mass is 413 g/mol. The van der Waals surface area contributed by atoms with Gasteiger partial charge in [0, 0.05) is 5.69 Å². The zero-order chi connectivity index (χ0) is 21.9. The molecule has 0 aliphatic carbocycles. The molecule has 2 rings (SSSR count). The fourth-order valence-electron chi connectivity index (χ4n) is 2.29. The molecule has 0 spiro atoms. The van der Waals surface area contributed by atoms with Gasteiger partial charge in [0.15, 0.2) is 13.2 Å². The molecule has 0 heterocycles. The predicted octanol–water partition coefficient (Wildman–Crippen LogP) is 1.69. The van der Waals surface area contributed by atoms with Crippen molar-refractivity contribution in [3.63, 3.8) is 0 Å². The van der Waals surface area contributed by atoms with Gasteiger partial charge >= 0.3 is 12.0 Å². The molecular formula is C21H23N3O6. The van der Waals surface area contributed by atoms with Gasteiger partial charge in [-0.1, -0.05) is 30.3 Å². The molecule has 0 aliphatic rings. The number of anilines is 1. The number of hydrogen-bond donors (Lipinski definition) is 3. The molecule has 158 valence electrons. The number of carbonyl (C=O) groups excluding carboxylic acids is 4. The molecule has 2 aromatic carbocycles. The highest BCUT2D eigenvalue weighted by atomic mass is 16.5. The average molecular weight is 413 g/mol. The molecule has 3 N–H and O–H groups in total. The van der Waals surface area contributed by atoms with Crippen molar-refractivity contribution in [2.24, 2.45) is 0 Å². The molecule has 0 fully saturated rings. The number of para-hydroxylation sites is 1. The predicted molar refractivity (Wildman–Crippen MR) is 109 cm³/mol. The van der Waals surface area contributed by atoms with Gasteiger partial charge in [0.1, 0.15) is 12.3 Å². The van der Waals surface area contributed by atoms with Gasteiger partial charge < -0.3 is 20.1 Å². The van der Waals surface area contributed by atoms with E-state index in [1.165, 1.54) is 0 Å². The van der Waals surface area contributed by atoms with Crippen LogP contribution in [0, 0.1) is 13.8 Å². The van der Waals surface area contributed by atoms with Gasteiger partial charge in [0.2, 0.25) is 0 Å². The number of carbonyl (C=O) groups is 4. The van der Waals surface area contributed by atoms with Crippen molar-refractivity contribution in [1.29, 1.82) is 0 Å². The third-order valence-electron chi connectivity index (χ3n) is 4.01. The molecule has 0 unspecified atom stereocenters.